The first kappa shape index (κ1) is 29.3. The highest BCUT2D eigenvalue weighted by atomic mass is 33.1. The summed E-state index contributed by atoms with van der Waals surface area (Å²) in [5, 5.41) is 0. The van der Waals surface area contributed by atoms with Crippen LogP contribution in [0.4, 0.5) is 0 Å². The Balaban J connectivity index is 1.29. The number of benzene rings is 2. The van der Waals surface area contributed by atoms with Crippen LogP contribution in [0.3, 0.4) is 0 Å². The van der Waals surface area contributed by atoms with E-state index < -0.39 is 0 Å². The van der Waals surface area contributed by atoms with Crippen molar-refractivity contribution in [3.05, 3.63) is 92.8 Å². The maximum absolute atomic E-state index is 12.7. The number of rotatable bonds is 11. The van der Waals surface area contributed by atoms with E-state index in [0.29, 0.717) is 46.3 Å². The van der Waals surface area contributed by atoms with E-state index >= 15 is 0 Å². The molecule has 2 N–H and O–H groups in total. The molecule has 12 nitrogen and oxygen atoms in total. The molecule has 44 heavy (non-hydrogen) atoms. The average Bonchev–Trinajstić information content (AvgIpc) is 3.66. The van der Waals surface area contributed by atoms with Gasteiger partial charge in [-0.05, 0) is 24.3 Å². The molecule has 6 aromatic rings. The van der Waals surface area contributed by atoms with Crippen LogP contribution in [0.1, 0.15) is 11.4 Å². The van der Waals surface area contributed by atoms with Gasteiger partial charge < -0.3 is 28.9 Å². The lowest BCUT2D eigenvalue weighted by atomic mass is 10.3. The lowest BCUT2D eigenvalue weighted by molar-refractivity contribution is 0.402. The number of pyridine rings is 2. The summed E-state index contributed by atoms with van der Waals surface area (Å²) in [7, 11) is 9.16. The number of ether oxygens (including phenoxy) is 4. The maximum atomic E-state index is 12.7. The highest BCUT2D eigenvalue weighted by Crippen LogP contribution is 2.35. The SMILES string of the molecule is COc1ccc2nc(-n3ccc(=O)c(OC)c3CSSCc3c(OC)c(=O)ccn3-c3nc4ccc(OC)cc4[nH]3)[nH]c2c1. The molecule has 226 valence electrons. The van der Waals surface area contributed by atoms with Gasteiger partial charge in [-0.15, -0.1) is 0 Å². The van der Waals surface area contributed by atoms with Crippen LogP contribution in [0, 0.1) is 0 Å². The monoisotopic (exact) mass is 632 g/mol. The van der Waals surface area contributed by atoms with Gasteiger partial charge >= 0.3 is 0 Å². The van der Waals surface area contributed by atoms with Crippen LogP contribution in [-0.2, 0) is 11.5 Å². The Kier molecular flexibility index (Phi) is 8.26. The highest BCUT2D eigenvalue weighted by Gasteiger charge is 2.19. The molecule has 4 aromatic heterocycles. The van der Waals surface area contributed by atoms with Crippen molar-refractivity contribution in [2.24, 2.45) is 0 Å². The number of H-pyrrole nitrogens is 2. The van der Waals surface area contributed by atoms with Gasteiger partial charge in [0, 0.05) is 48.2 Å². The van der Waals surface area contributed by atoms with Crippen molar-refractivity contribution in [3.8, 4) is 34.9 Å². The Bertz CT molecular complexity index is 1950. The third kappa shape index (κ3) is 5.49. The number of aromatic amines is 2. The quantitative estimate of drug-likeness (QED) is 0.150. The number of hydrogen-bond donors (Lipinski definition) is 2. The molecule has 0 fully saturated rings. The van der Waals surface area contributed by atoms with Gasteiger partial charge in [0.05, 0.1) is 61.9 Å². The first-order valence-corrected chi connectivity index (χ1v) is 15.8. The minimum Gasteiger partial charge on any atom is -0.497 e. The topological polar surface area (TPSA) is 138 Å². The number of fused-ring (bicyclic) bond motifs is 2. The van der Waals surface area contributed by atoms with E-state index in [1.807, 2.05) is 45.5 Å². The van der Waals surface area contributed by atoms with Gasteiger partial charge in [0.1, 0.15) is 11.5 Å². The summed E-state index contributed by atoms with van der Waals surface area (Å²) in [5.74, 6) is 3.72. The van der Waals surface area contributed by atoms with E-state index in [9.17, 15) is 9.59 Å². The lowest BCUT2D eigenvalue weighted by Crippen LogP contribution is -2.15. The molecule has 0 saturated carbocycles. The Morgan fingerprint density at radius 1 is 0.636 bits per heavy atom. The van der Waals surface area contributed by atoms with Gasteiger partial charge in [-0.3, -0.25) is 18.7 Å². The van der Waals surface area contributed by atoms with Crippen LogP contribution in [-0.4, -0.2) is 57.5 Å². The molecule has 6 rings (SSSR count). The molecule has 0 atom stereocenters. The van der Waals surface area contributed by atoms with Crippen molar-refractivity contribution in [3.63, 3.8) is 0 Å². The van der Waals surface area contributed by atoms with Gasteiger partial charge in [0.15, 0.2) is 11.5 Å². The molecule has 14 heteroatoms. The van der Waals surface area contributed by atoms with E-state index in [-0.39, 0.29) is 22.4 Å². The zero-order valence-electron chi connectivity index (χ0n) is 24.2. The third-order valence-corrected chi connectivity index (χ3v) is 9.15. The van der Waals surface area contributed by atoms with Gasteiger partial charge in [0.2, 0.25) is 22.8 Å². The third-order valence-electron chi connectivity index (χ3n) is 7.00. The van der Waals surface area contributed by atoms with Crippen LogP contribution in [0.25, 0.3) is 34.0 Å². The molecule has 0 unspecified atom stereocenters. The predicted octanol–water partition coefficient (Wildman–Crippen LogP) is 4.86. The number of imidazole rings is 2. The molecular weight excluding hydrogens is 604 g/mol. The fourth-order valence-corrected chi connectivity index (χ4v) is 6.95. The van der Waals surface area contributed by atoms with E-state index in [1.54, 1.807) is 26.6 Å². The number of aromatic nitrogens is 6. The first-order valence-electron chi connectivity index (χ1n) is 13.3. The second kappa shape index (κ2) is 12.4. The molecule has 0 radical (unpaired) electrons. The molecule has 0 bridgehead atoms. The summed E-state index contributed by atoms with van der Waals surface area (Å²) in [5.41, 5.74) is 3.89. The summed E-state index contributed by atoms with van der Waals surface area (Å²) in [6.07, 6.45) is 3.35. The second-order valence-electron chi connectivity index (χ2n) is 9.47. The summed E-state index contributed by atoms with van der Waals surface area (Å²) in [4.78, 5) is 41.5. The maximum Gasteiger partial charge on any atom is 0.223 e. The Morgan fingerprint density at radius 2 is 1.07 bits per heavy atom. The van der Waals surface area contributed by atoms with Crippen molar-refractivity contribution in [2.75, 3.05) is 28.4 Å². The molecular formula is C30H28N6O6S2. The van der Waals surface area contributed by atoms with Crippen LogP contribution in [0.15, 0.2) is 70.5 Å². The van der Waals surface area contributed by atoms with Gasteiger partial charge in [-0.1, -0.05) is 21.6 Å². The fraction of sp³-hybridized carbons (Fsp3) is 0.200. The predicted molar refractivity (Wildman–Crippen MR) is 172 cm³/mol. The number of nitrogens with zero attached hydrogens (tertiary/aromatic N) is 4. The van der Waals surface area contributed by atoms with Gasteiger partial charge in [-0.2, -0.15) is 0 Å². The van der Waals surface area contributed by atoms with Crippen molar-refractivity contribution in [2.45, 2.75) is 11.5 Å². The smallest absolute Gasteiger partial charge is 0.223 e. The number of methoxy groups -OCH3 is 4. The molecule has 0 saturated heterocycles. The van der Waals surface area contributed by atoms with Crippen molar-refractivity contribution < 1.29 is 18.9 Å². The van der Waals surface area contributed by atoms with Crippen LogP contribution in [0.5, 0.6) is 23.0 Å². The lowest BCUT2D eigenvalue weighted by Gasteiger charge is -2.16. The van der Waals surface area contributed by atoms with Crippen molar-refractivity contribution in [1.82, 2.24) is 29.1 Å². The summed E-state index contributed by atoms with van der Waals surface area (Å²) in [6.45, 7) is 0. The molecule has 0 aliphatic heterocycles. The largest absolute Gasteiger partial charge is 0.497 e. The molecule has 0 aliphatic rings. The molecule has 0 spiro atoms. The Hall–Kier alpha value is -4.82. The van der Waals surface area contributed by atoms with Crippen LogP contribution in [0.2, 0.25) is 0 Å². The zero-order valence-corrected chi connectivity index (χ0v) is 25.9. The minimum absolute atomic E-state index is 0.227. The highest BCUT2D eigenvalue weighted by molar-refractivity contribution is 8.76. The molecule has 2 aromatic carbocycles. The molecule has 4 heterocycles. The number of nitrogens with one attached hydrogen (secondary N) is 2. The van der Waals surface area contributed by atoms with E-state index in [2.05, 4.69) is 9.97 Å². The average molecular weight is 633 g/mol. The van der Waals surface area contributed by atoms with E-state index in [4.69, 9.17) is 28.9 Å². The van der Waals surface area contributed by atoms with Crippen LogP contribution < -0.4 is 29.8 Å². The Labute approximate surface area is 258 Å². The van der Waals surface area contributed by atoms with Gasteiger partial charge in [-0.25, -0.2) is 9.97 Å². The minimum atomic E-state index is -0.234. The summed E-state index contributed by atoms with van der Waals surface area (Å²) < 4.78 is 25.4. The fourth-order valence-electron chi connectivity index (χ4n) is 4.85. The van der Waals surface area contributed by atoms with Crippen molar-refractivity contribution >= 4 is 43.7 Å². The Morgan fingerprint density at radius 3 is 1.45 bits per heavy atom. The van der Waals surface area contributed by atoms with Crippen molar-refractivity contribution in [1.29, 1.82) is 0 Å². The normalized spacial score (nSPS) is 11.3. The molecule has 0 amide bonds. The summed E-state index contributed by atoms with van der Waals surface area (Å²) in [6, 6.07) is 14.0. The zero-order chi connectivity index (χ0) is 30.8. The van der Waals surface area contributed by atoms with Gasteiger partial charge in [0.25, 0.3) is 0 Å². The first-order chi connectivity index (χ1) is 21.4. The standard InChI is InChI=1S/C30H28N6O6S2/c1-39-17-5-7-19-21(13-17)33-29(31-19)35-11-9-25(37)27(41-3)23(35)15-43-44-16-24-28(42-4)26(38)10-12-36(24)30-32-20-8-6-18(40-2)14-22(20)34-30/h5-14H,15-16H2,1-4H3,(H,31,33)(H,32,34). The summed E-state index contributed by atoms with van der Waals surface area (Å²) >= 11 is 0. The van der Waals surface area contributed by atoms with E-state index in [0.717, 1.165) is 22.1 Å². The van der Waals surface area contributed by atoms with E-state index in [1.165, 1.54) is 47.9 Å². The van der Waals surface area contributed by atoms with Crippen LogP contribution >= 0.6 is 21.6 Å². The second-order valence-corrected chi connectivity index (χ2v) is 11.9. The molecule has 0 aliphatic carbocycles. The number of hydrogen-bond acceptors (Lipinski definition) is 10.